The second-order valence-corrected chi connectivity index (χ2v) is 2.85. The highest BCUT2D eigenvalue weighted by Crippen LogP contribution is 1.97. The van der Waals surface area contributed by atoms with E-state index in [2.05, 4.69) is 0 Å². The number of rotatable bonds is 5. The molecule has 0 N–H and O–H groups in total. The first kappa shape index (κ1) is 12.7. The smallest absolute Gasteiger partial charge is 0.333 e. The Morgan fingerprint density at radius 3 is 2.57 bits per heavy atom. The van der Waals surface area contributed by atoms with Gasteiger partial charge in [0.25, 0.3) is 0 Å². The molecule has 0 spiro atoms. The second-order valence-electron chi connectivity index (χ2n) is 2.85. The van der Waals surface area contributed by atoms with Gasteiger partial charge in [0.1, 0.15) is 0 Å². The third-order valence-corrected chi connectivity index (χ3v) is 1.71. The first-order chi connectivity index (χ1) is 6.72. The minimum absolute atomic E-state index is 0.230. The van der Waals surface area contributed by atoms with E-state index < -0.39 is 0 Å². The van der Waals surface area contributed by atoms with Crippen molar-refractivity contribution >= 4 is 5.97 Å². The number of esters is 1. The Morgan fingerprint density at radius 1 is 1.29 bits per heavy atom. The highest BCUT2D eigenvalue weighted by atomic mass is 16.5. The molecule has 0 saturated heterocycles. The summed E-state index contributed by atoms with van der Waals surface area (Å²) in [6.07, 6.45) is 10.3. The van der Waals surface area contributed by atoms with Gasteiger partial charge in [0.2, 0.25) is 0 Å². The van der Waals surface area contributed by atoms with Crippen LogP contribution in [0.2, 0.25) is 0 Å². The monoisotopic (exact) mass is 194 g/mol. The van der Waals surface area contributed by atoms with E-state index in [9.17, 15) is 4.79 Å². The minimum Gasteiger partial charge on any atom is -0.462 e. The van der Waals surface area contributed by atoms with Gasteiger partial charge in [0.05, 0.1) is 6.61 Å². The van der Waals surface area contributed by atoms with Gasteiger partial charge in [-0.25, -0.2) is 4.79 Å². The highest BCUT2D eigenvalue weighted by molar-refractivity contribution is 5.87. The van der Waals surface area contributed by atoms with Crippen LogP contribution in [-0.2, 0) is 9.53 Å². The molecule has 0 amide bonds. The quantitative estimate of drug-likeness (QED) is 0.291. The molecule has 0 saturated carbocycles. The Kier molecular flexibility index (Phi) is 7.52. The lowest BCUT2D eigenvalue weighted by molar-refractivity contribution is -0.138. The van der Waals surface area contributed by atoms with Crippen LogP contribution in [0.5, 0.6) is 0 Å². The molecule has 0 unspecified atom stereocenters. The molecule has 0 rings (SSSR count). The molecular formula is C12H18O2. The van der Waals surface area contributed by atoms with Gasteiger partial charge in [-0.15, -0.1) is 0 Å². The molecule has 0 aliphatic heterocycles. The predicted octanol–water partition coefficient (Wildman–Crippen LogP) is 3.02. The first-order valence-corrected chi connectivity index (χ1v) is 4.80. The van der Waals surface area contributed by atoms with Gasteiger partial charge < -0.3 is 4.74 Å². The van der Waals surface area contributed by atoms with Crippen LogP contribution in [0.4, 0.5) is 0 Å². The normalized spacial score (nSPS) is 12.6. The summed E-state index contributed by atoms with van der Waals surface area (Å²) < 4.78 is 4.99. The van der Waals surface area contributed by atoms with Crippen LogP contribution in [0.15, 0.2) is 36.0 Å². The van der Waals surface area contributed by atoms with Crippen molar-refractivity contribution in [2.75, 3.05) is 6.61 Å². The van der Waals surface area contributed by atoms with E-state index in [1.54, 1.807) is 13.0 Å². The van der Waals surface area contributed by atoms with Gasteiger partial charge in [-0.1, -0.05) is 30.4 Å². The van der Waals surface area contributed by atoms with E-state index in [1.165, 1.54) is 0 Å². The summed E-state index contributed by atoms with van der Waals surface area (Å²) >= 11 is 0. The number of ether oxygens (including phenoxy) is 1. The van der Waals surface area contributed by atoms with Gasteiger partial charge in [0, 0.05) is 5.57 Å². The molecule has 0 radical (unpaired) electrons. The topological polar surface area (TPSA) is 26.3 Å². The summed E-state index contributed by atoms with van der Waals surface area (Å²) in [4.78, 5) is 11.1. The van der Waals surface area contributed by atoms with Crippen molar-refractivity contribution in [2.45, 2.75) is 27.2 Å². The maximum atomic E-state index is 11.1. The molecule has 0 aromatic rings. The van der Waals surface area contributed by atoms with Gasteiger partial charge in [-0.05, 0) is 27.2 Å². The molecule has 2 heteroatoms. The molecule has 0 aromatic carbocycles. The van der Waals surface area contributed by atoms with Crippen molar-refractivity contribution in [2.24, 2.45) is 0 Å². The SMILES string of the molecule is C/C=C/C=C/CCOC(=O)/C(C)=C/C. The van der Waals surface area contributed by atoms with E-state index in [-0.39, 0.29) is 5.97 Å². The zero-order valence-corrected chi connectivity index (χ0v) is 9.12. The zero-order chi connectivity index (χ0) is 10.8. The molecule has 0 heterocycles. The van der Waals surface area contributed by atoms with Gasteiger partial charge in [-0.2, -0.15) is 0 Å². The molecule has 14 heavy (non-hydrogen) atoms. The standard InChI is InChI=1S/C12H18O2/c1-4-6-7-8-9-10-14-12(13)11(3)5-2/h4-8H,9-10H2,1-3H3/b6-4+,8-7+,11-5+. The minimum atomic E-state index is -0.230. The highest BCUT2D eigenvalue weighted by Gasteiger charge is 2.01. The van der Waals surface area contributed by atoms with Crippen molar-refractivity contribution in [3.63, 3.8) is 0 Å². The lowest BCUT2D eigenvalue weighted by Crippen LogP contribution is -2.06. The molecule has 0 fully saturated rings. The molecule has 2 nitrogen and oxygen atoms in total. The van der Waals surface area contributed by atoms with E-state index in [0.29, 0.717) is 12.2 Å². The van der Waals surface area contributed by atoms with Crippen LogP contribution >= 0.6 is 0 Å². The summed E-state index contributed by atoms with van der Waals surface area (Å²) in [6, 6.07) is 0. The fourth-order valence-electron chi connectivity index (χ4n) is 0.737. The van der Waals surface area contributed by atoms with Gasteiger partial charge >= 0.3 is 5.97 Å². The van der Waals surface area contributed by atoms with E-state index in [1.807, 2.05) is 38.2 Å². The molecule has 0 aromatic heterocycles. The molecule has 78 valence electrons. The molecule has 0 bridgehead atoms. The summed E-state index contributed by atoms with van der Waals surface area (Å²) in [5, 5.41) is 0. The summed E-state index contributed by atoms with van der Waals surface area (Å²) in [5.41, 5.74) is 0.655. The van der Waals surface area contributed by atoms with Crippen molar-refractivity contribution in [1.29, 1.82) is 0 Å². The van der Waals surface area contributed by atoms with Gasteiger partial charge in [0.15, 0.2) is 0 Å². The third-order valence-electron chi connectivity index (χ3n) is 1.71. The van der Waals surface area contributed by atoms with E-state index in [4.69, 9.17) is 4.74 Å². The number of carbonyl (C=O) groups is 1. The zero-order valence-electron chi connectivity index (χ0n) is 9.12. The Bertz CT molecular complexity index is 247. The molecular weight excluding hydrogens is 176 g/mol. The van der Waals surface area contributed by atoms with Crippen LogP contribution < -0.4 is 0 Å². The number of hydrogen-bond acceptors (Lipinski definition) is 2. The summed E-state index contributed by atoms with van der Waals surface area (Å²) in [5.74, 6) is -0.230. The van der Waals surface area contributed by atoms with Crippen molar-refractivity contribution in [3.8, 4) is 0 Å². The maximum absolute atomic E-state index is 11.1. The fourth-order valence-corrected chi connectivity index (χ4v) is 0.737. The Balaban J connectivity index is 3.60. The van der Waals surface area contributed by atoms with Gasteiger partial charge in [-0.3, -0.25) is 0 Å². The average molecular weight is 194 g/mol. The average Bonchev–Trinajstić information content (AvgIpc) is 2.21. The van der Waals surface area contributed by atoms with Crippen molar-refractivity contribution in [1.82, 2.24) is 0 Å². The Hall–Kier alpha value is -1.31. The number of carbonyl (C=O) groups excluding carboxylic acids is 1. The fraction of sp³-hybridized carbons (Fsp3) is 0.417. The molecule has 0 atom stereocenters. The van der Waals surface area contributed by atoms with Crippen LogP contribution in [0.3, 0.4) is 0 Å². The van der Waals surface area contributed by atoms with Crippen LogP contribution in [0.25, 0.3) is 0 Å². The third kappa shape index (κ3) is 6.23. The van der Waals surface area contributed by atoms with Crippen LogP contribution in [0.1, 0.15) is 27.2 Å². The Morgan fingerprint density at radius 2 is 2.00 bits per heavy atom. The largest absolute Gasteiger partial charge is 0.462 e. The van der Waals surface area contributed by atoms with E-state index >= 15 is 0 Å². The molecule has 0 aliphatic carbocycles. The first-order valence-electron chi connectivity index (χ1n) is 4.80. The summed E-state index contributed by atoms with van der Waals surface area (Å²) in [7, 11) is 0. The lowest BCUT2D eigenvalue weighted by Gasteiger charge is -2.01. The van der Waals surface area contributed by atoms with Crippen molar-refractivity contribution in [3.05, 3.63) is 36.0 Å². The maximum Gasteiger partial charge on any atom is 0.333 e. The van der Waals surface area contributed by atoms with Crippen LogP contribution in [0, 0.1) is 0 Å². The Labute approximate surface area is 86.0 Å². The van der Waals surface area contributed by atoms with Crippen molar-refractivity contribution < 1.29 is 9.53 Å². The number of allylic oxidation sites excluding steroid dienone is 4. The number of hydrogen-bond donors (Lipinski definition) is 0. The lowest BCUT2D eigenvalue weighted by atomic mass is 10.3. The molecule has 0 aliphatic rings. The van der Waals surface area contributed by atoms with Crippen LogP contribution in [-0.4, -0.2) is 12.6 Å². The predicted molar refractivity (Wildman–Crippen MR) is 59.0 cm³/mol. The summed E-state index contributed by atoms with van der Waals surface area (Å²) in [6.45, 7) is 5.97. The second kappa shape index (κ2) is 8.30. The van der Waals surface area contributed by atoms with E-state index in [0.717, 1.165) is 6.42 Å².